The van der Waals surface area contributed by atoms with Crippen LogP contribution in [0.25, 0.3) is 0 Å². The second-order valence-electron chi connectivity index (χ2n) is 7.15. The van der Waals surface area contributed by atoms with Crippen LogP contribution in [0.2, 0.25) is 0 Å². The number of pyridine rings is 1. The number of nitrogens with one attached hydrogen (secondary N) is 1. The number of carbonyl (C=O) groups is 1. The van der Waals surface area contributed by atoms with E-state index in [-0.39, 0.29) is 5.91 Å². The number of amides is 1. The summed E-state index contributed by atoms with van der Waals surface area (Å²) in [5, 5.41) is 3.31. The lowest BCUT2D eigenvalue weighted by atomic mass is 10.1. The summed E-state index contributed by atoms with van der Waals surface area (Å²) in [6.45, 7) is 4.03. The fraction of sp³-hybridized carbons (Fsp3) is 0.429. The quantitative estimate of drug-likeness (QED) is 0.904. The topological polar surface area (TPSA) is 48.5 Å². The van der Waals surface area contributed by atoms with Crippen molar-refractivity contribution >= 4 is 23.1 Å². The minimum Gasteiger partial charge on any atom is -0.372 e. The van der Waals surface area contributed by atoms with Crippen molar-refractivity contribution in [1.82, 2.24) is 9.88 Å². The summed E-state index contributed by atoms with van der Waals surface area (Å²) < 4.78 is 0. The molecule has 5 nitrogen and oxygen atoms in total. The summed E-state index contributed by atoms with van der Waals surface area (Å²) in [5.74, 6) is 0.854. The van der Waals surface area contributed by atoms with Crippen LogP contribution in [0.3, 0.4) is 0 Å². The van der Waals surface area contributed by atoms with Crippen molar-refractivity contribution in [1.29, 1.82) is 0 Å². The molecular weight excluding hydrogens is 324 g/mol. The molecular formula is C21H26N4O. The molecule has 0 radical (unpaired) electrons. The van der Waals surface area contributed by atoms with Gasteiger partial charge in [0.05, 0.1) is 5.56 Å². The zero-order valence-electron chi connectivity index (χ0n) is 15.2. The van der Waals surface area contributed by atoms with Crippen molar-refractivity contribution < 1.29 is 4.79 Å². The molecule has 2 fully saturated rings. The lowest BCUT2D eigenvalue weighted by Gasteiger charge is -2.26. The molecule has 0 bridgehead atoms. The monoisotopic (exact) mass is 350 g/mol. The van der Waals surface area contributed by atoms with Crippen LogP contribution in [-0.2, 0) is 0 Å². The van der Waals surface area contributed by atoms with E-state index in [1.54, 1.807) is 6.20 Å². The van der Waals surface area contributed by atoms with Crippen LogP contribution in [0, 0.1) is 0 Å². The first-order valence-electron chi connectivity index (χ1n) is 9.67. The van der Waals surface area contributed by atoms with Crippen molar-refractivity contribution in [3.8, 4) is 0 Å². The third-order valence-corrected chi connectivity index (χ3v) is 5.26. The zero-order valence-corrected chi connectivity index (χ0v) is 15.2. The third kappa shape index (κ3) is 3.82. The maximum atomic E-state index is 12.5. The minimum absolute atomic E-state index is 0.0960. The van der Waals surface area contributed by atoms with Gasteiger partial charge in [-0.2, -0.15) is 0 Å². The largest absolute Gasteiger partial charge is 0.372 e. The number of hydrogen-bond donors (Lipinski definition) is 1. The minimum atomic E-state index is 0.0960. The molecule has 1 N–H and O–H groups in total. The molecule has 1 aromatic carbocycles. The van der Waals surface area contributed by atoms with E-state index in [1.807, 2.05) is 17.0 Å². The Labute approximate surface area is 155 Å². The Morgan fingerprint density at radius 1 is 0.846 bits per heavy atom. The van der Waals surface area contributed by atoms with Gasteiger partial charge in [0.2, 0.25) is 0 Å². The van der Waals surface area contributed by atoms with Crippen molar-refractivity contribution in [3.63, 3.8) is 0 Å². The molecule has 0 unspecified atom stereocenters. The number of likely N-dealkylation sites (tertiary alicyclic amines) is 1. The highest BCUT2D eigenvalue weighted by atomic mass is 16.2. The van der Waals surface area contributed by atoms with E-state index in [4.69, 9.17) is 0 Å². The highest BCUT2D eigenvalue weighted by Gasteiger charge is 2.18. The average molecular weight is 350 g/mol. The molecule has 0 atom stereocenters. The molecule has 26 heavy (non-hydrogen) atoms. The van der Waals surface area contributed by atoms with Crippen molar-refractivity contribution in [2.75, 3.05) is 36.4 Å². The normalized spacial score (nSPS) is 17.4. The summed E-state index contributed by atoms with van der Waals surface area (Å²) in [4.78, 5) is 21.3. The van der Waals surface area contributed by atoms with Crippen molar-refractivity contribution in [2.45, 2.75) is 32.1 Å². The van der Waals surface area contributed by atoms with Crippen LogP contribution in [0.1, 0.15) is 42.5 Å². The summed E-state index contributed by atoms with van der Waals surface area (Å²) in [5.41, 5.74) is 2.96. The molecule has 3 heterocycles. The number of hydrogen-bond acceptors (Lipinski definition) is 4. The molecule has 2 aliphatic rings. The summed E-state index contributed by atoms with van der Waals surface area (Å²) in [7, 11) is 0. The van der Waals surface area contributed by atoms with E-state index in [0.717, 1.165) is 50.5 Å². The van der Waals surface area contributed by atoms with Gasteiger partial charge in [-0.25, -0.2) is 4.98 Å². The van der Waals surface area contributed by atoms with Gasteiger partial charge < -0.3 is 15.1 Å². The molecule has 0 saturated carbocycles. The smallest absolute Gasteiger partial charge is 0.255 e. The molecule has 2 aromatic rings. The highest BCUT2D eigenvalue weighted by Crippen LogP contribution is 2.23. The fourth-order valence-corrected chi connectivity index (χ4v) is 3.75. The van der Waals surface area contributed by atoms with Crippen LogP contribution < -0.4 is 10.2 Å². The number of piperidine rings is 1. The number of rotatable bonds is 4. The molecule has 4 rings (SSSR count). The second kappa shape index (κ2) is 7.77. The first-order chi connectivity index (χ1) is 12.8. The second-order valence-corrected chi connectivity index (χ2v) is 7.15. The van der Waals surface area contributed by atoms with Crippen LogP contribution >= 0.6 is 0 Å². The number of benzene rings is 1. The molecule has 0 spiro atoms. The Balaban J connectivity index is 1.38. The summed E-state index contributed by atoms with van der Waals surface area (Å²) >= 11 is 0. The van der Waals surface area contributed by atoms with Gasteiger partial charge in [0.25, 0.3) is 5.91 Å². The van der Waals surface area contributed by atoms with Gasteiger partial charge in [-0.15, -0.1) is 0 Å². The van der Waals surface area contributed by atoms with Crippen molar-refractivity contribution in [2.24, 2.45) is 0 Å². The summed E-state index contributed by atoms with van der Waals surface area (Å²) in [6, 6.07) is 12.2. The maximum Gasteiger partial charge on any atom is 0.255 e. The van der Waals surface area contributed by atoms with Crippen LogP contribution in [0.5, 0.6) is 0 Å². The van der Waals surface area contributed by atoms with Gasteiger partial charge in [0, 0.05) is 43.8 Å². The first-order valence-corrected chi connectivity index (χ1v) is 9.67. The molecule has 1 amide bonds. The van der Waals surface area contributed by atoms with Gasteiger partial charge in [-0.05, 0) is 68.5 Å². The number of aromatic nitrogens is 1. The Kier molecular flexibility index (Phi) is 5.04. The summed E-state index contributed by atoms with van der Waals surface area (Å²) in [6.07, 6.45) is 7.68. The Bertz CT molecular complexity index is 730. The van der Waals surface area contributed by atoms with Gasteiger partial charge in [0.1, 0.15) is 5.82 Å². The van der Waals surface area contributed by atoms with Crippen LogP contribution in [0.4, 0.5) is 17.2 Å². The lowest BCUT2D eigenvalue weighted by molar-refractivity contribution is 0.0724. The fourth-order valence-electron chi connectivity index (χ4n) is 3.75. The van der Waals surface area contributed by atoms with Gasteiger partial charge in [-0.3, -0.25) is 4.79 Å². The van der Waals surface area contributed by atoms with Crippen molar-refractivity contribution in [3.05, 3.63) is 48.2 Å². The molecule has 5 heteroatoms. The zero-order chi connectivity index (χ0) is 17.8. The van der Waals surface area contributed by atoms with Crippen LogP contribution in [0.15, 0.2) is 42.6 Å². The van der Waals surface area contributed by atoms with Gasteiger partial charge >= 0.3 is 0 Å². The predicted molar refractivity (Wildman–Crippen MR) is 105 cm³/mol. The van der Waals surface area contributed by atoms with Crippen LogP contribution in [-0.4, -0.2) is 42.0 Å². The van der Waals surface area contributed by atoms with E-state index < -0.39 is 0 Å². The number of carbonyl (C=O) groups excluding carboxylic acids is 1. The predicted octanol–water partition coefficient (Wildman–Crippen LogP) is 4.05. The number of anilines is 3. The highest BCUT2D eigenvalue weighted by molar-refractivity contribution is 5.94. The molecule has 136 valence electrons. The third-order valence-electron chi connectivity index (χ3n) is 5.26. The van der Waals surface area contributed by atoms with E-state index in [0.29, 0.717) is 5.56 Å². The standard InChI is InChI=1S/C21H26N4O/c26-21(25-14-2-1-3-15-25)17-6-11-20(22-16-17)23-18-7-9-19(10-8-18)24-12-4-5-13-24/h6-11,16H,1-5,12-15H2,(H,22,23). The van der Waals surface area contributed by atoms with Gasteiger partial charge in [0.15, 0.2) is 0 Å². The lowest BCUT2D eigenvalue weighted by Crippen LogP contribution is -2.35. The van der Waals surface area contributed by atoms with Gasteiger partial charge in [-0.1, -0.05) is 0 Å². The maximum absolute atomic E-state index is 12.5. The van der Waals surface area contributed by atoms with E-state index in [9.17, 15) is 4.79 Å². The Hall–Kier alpha value is -2.56. The van der Waals surface area contributed by atoms with E-state index in [2.05, 4.69) is 39.5 Å². The SMILES string of the molecule is O=C(c1ccc(Nc2ccc(N3CCCC3)cc2)nc1)N1CCCCC1. The van der Waals surface area contributed by atoms with E-state index >= 15 is 0 Å². The van der Waals surface area contributed by atoms with E-state index in [1.165, 1.54) is 24.9 Å². The molecule has 1 aromatic heterocycles. The molecule has 2 saturated heterocycles. The molecule has 2 aliphatic heterocycles. The first kappa shape index (κ1) is 16.9. The number of nitrogens with zero attached hydrogens (tertiary/aromatic N) is 3. The molecule has 0 aliphatic carbocycles. The Morgan fingerprint density at radius 2 is 1.54 bits per heavy atom. The Morgan fingerprint density at radius 3 is 2.19 bits per heavy atom. The average Bonchev–Trinajstić information content (AvgIpc) is 3.24.